The van der Waals surface area contributed by atoms with Crippen molar-refractivity contribution in [3.8, 4) is 0 Å². The van der Waals surface area contributed by atoms with Gasteiger partial charge in [0.05, 0.1) is 6.42 Å². The summed E-state index contributed by atoms with van der Waals surface area (Å²) in [6, 6.07) is 7.19. The third kappa shape index (κ3) is 2.17. The molecular formula is C10H9N3O3. The lowest BCUT2D eigenvalue weighted by Gasteiger charge is -1.97. The second-order valence-electron chi connectivity index (χ2n) is 3.24. The highest BCUT2D eigenvalue weighted by molar-refractivity contribution is 5.82. The number of hydrogen-bond acceptors (Lipinski definition) is 5. The summed E-state index contributed by atoms with van der Waals surface area (Å²) < 4.78 is 4.79. The number of nitrogens with zero attached hydrogens (tertiary/aromatic N) is 2. The highest BCUT2D eigenvalue weighted by atomic mass is 16.5. The average molecular weight is 219 g/mol. The van der Waals surface area contributed by atoms with Crippen molar-refractivity contribution in [2.45, 2.75) is 6.42 Å². The number of rotatable bonds is 3. The number of carbonyl (C=O) groups is 1. The molecule has 0 unspecified atom stereocenters. The number of anilines is 1. The van der Waals surface area contributed by atoms with Gasteiger partial charge in [0.2, 0.25) is 5.89 Å². The summed E-state index contributed by atoms with van der Waals surface area (Å²) in [5, 5.41) is 11.9. The van der Waals surface area contributed by atoms with Crippen molar-refractivity contribution in [3.05, 3.63) is 41.5 Å². The molecule has 0 aliphatic carbocycles. The summed E-state index contributed by atoms with van der Waals surface area (Å²) >= 11 is 0. The molecule has 3 N–H and O–H groups in total. The number of carboxylic acids is 1. The first-order valence-electron chi connectivity index (χ1n) is 4.55. The Balaban J connectivity index is 2.17. The van der Waals surface area contributed by atoms with Crippen molar-refractivity contribution in [1.82, 2.24) is 10.1 Å². The maximum Gasteiger partial charge on any atom is 0.377 e. The van der Waals surface area contributed by atoms with Gasteiger partial charge in [-0.15, -0.1) is 0 Å². The summed E-state index contributed by atoms with van der Waals surface area (Å²) in [6.07, 6.45) is 0.366. The minimum absolute atomic E-state index is 0.253. The fraction of sp³-hybridized carbons (Fsp3) is 0.100. The number of aromatic carboxylic acids is 1. The minimum Gasteiger partial charge on any atom is -0.475 e. The summed E-state index contributed by atoms with van der Waals surface area (Å²) in [5.74, 6) is -1.29. The van der Waals surface area contributed by atoms with Crippen LogP contribution in [0.15, 0.2) is 28.8 Å². The Bertz CT molecular complexity index is 522. The number of nitrogen functional groups attached to an aromatic ring is 1. The molecule has 0 amide bonds. The quantitative estimate of drug-likeness (QED) is 0.745. The van der Waals surface area contributed by atoms with Crippen LogP contribution in [-0.4, -0.2) is 21.2 Å². The van der Waals surface area contributed by atoms with Crippen LogP contribution in [0.2, 0.25) is 0 Å². The maximum atomic E-state index is 10.5. The van der Waals surface area contributed by atoms with Gasteiger partial charge in [0.15, 0.2) is 0 Å². The van der Waals surface area contributed by atoms with Crippen LogP contribution >= 0.6 is 0 Å². The molecule has 1 aromatic carbocycles. The number of carboxylic acid groups (broad SMARTS) is 1. The molecule has 0 spiro atoms. The van der Waals surface area contributed by atoms with Crippen molar-refractivity contribution in [2.75, 3.05) is 5.73 Å². The van der Waals surface area contributed by atoms with Gasteiger partial charge in [-0.05, 0) is 22.9 Å². The van der Waals surface area contributed by atoms with Gasteiger partial charge in [0, 0.05) is 5.69 Å². The highest BCUT2D eigenvalue weighted by Gasteiger charge is 2.12. The zero-order valence-electron chi connectivity index (χ0n) is 8.25. The van der Waals surface area contributed by atoms with Crippen molar-refractivity contribution >= 4 is 11.7 Å². The van der Waals surface area contributed by atoms with Crippen molar-refractivity contribution in [2.24, 2.45) is 0 Å². The first kappa shape index (κ1) is 10.2. The third-order valence-electron chi connectivity index (χ3n) is 1.97. The topological polar surface area (TPSA) is 102 Å². The smallest absolute Gasteiger partial charge is 0.377 e. The Morgan fingerprint density at radius 3 is 2.94 bits per heavy atom. The molecule has 1 heterocycles. The van der Waals surface area contributed by atoms with E-state index in [0.29, 0.717) is 12.1 Å². The molecule has 0 radical (unpaired) electrons. The molecule has 0 fully saturated rings. The largest absolute Gasteiger partial charge is 0.475 e. The first-order valence-corrected chi connectivity index (χ1v) is 4.55. The van der Waals surface area contributed by atoms with Gasteiger partial charge in [-0.3, -0.25) is 0 Å². The molecule has 6 heteroatoms. The van der Waals surface area contributed by atoms with Crippen molar-refractivity contribution in [3.63, 3.8) is 0 Å². The Labute approximate surface area is 90.7 Å². The SMILES string of the molecule is Nc1cccc(Cc2nc(C(=O)O)no2)c1. The Hall–Kier alpha value is -2.37. The van der Waals surface area contributed by atoms with E-state index in [1.807, 2.05) is 6.07 Å². The predicted octanol–water partition coefficient (Wildman–Crippen LogP) is 0.941. The summed E-state index contributed by atoms with van der Waals surface area (Å²) in [7, 11) is 0. The van der Waals surface area contributed by atoms with Crippen LogP contribution in [0.3, 0.4) is 0 Å². The monoisotopic (exact) mass is 219 g/mol. The van der Waals surface area contributed by atoms with E-state index in [4.69, 9.17) is 15.4 Å². The second-order valence-corrected chi connectivity index (χ2v) is 3.24. The Morgan fingerprint density at radius 2 is 2.31 bits per heavy atom. The molecule has 0 saturated heterocycles. The van der Waals surface area contributed by atoms with E-state index in [2.05, 4.69) is 10.1 Å². The molecule has 2 rings (SSSR count). The van der Waals surface area contributed by atoms with Crippen LogP contribution < -0.4 is 5.73 Å². The zero-order chi connectivity index (χ0) is 11.5. The van der Waals surface area contributed by atoms with Crippen LogP contribution in [0.4, 0.5) is 5.69 Å². The van der Waals surface area contributed by atoms with Crippen LogP contribution in [0, 0.1) is 0 Å². The first-order chi connectivity index (χ1) is 7.65. The normalized spacial score (nSPS) is 10.2. The number of benzene rings is 1. The Kier molecular flexibility index (Phi) is 2.55. The predicted molar refractivity (Wildman–Crippen MR) is 54.9 cm³/mol. The van der Waals surface area contributed by atoms with E-state index in [-0.39, 0.29) is 11.7 Å². The standard InChI is InChI=1S/C10H9N3O3/c11-7-3-1-2-6(4-7)5-8-12-9(10(14)15)13-16-8/h1-4H,5,11H2,(H,14,15). The van der Waals surface area contributed by atoms with Crippen LogP contribution in [-0.2, 0) is 6.42 Å². The average Bonchev–Trinajstić information content (AvgIpc) is 2.66. The molecule has 82 valence electrons. The molecule has 0 saturated carbocycles. The van der Waals surface area contributed by atoms with Gasteiger partial charge in [0.1, 0.15) is 0 Å². The van der Waals surface area contributed by atoms with Gasteiger partial charge < -0.3 is 15.4 Å². The van der Waals surface area contributed by atoms with E-state index in [1.54, 1.807) is 18.2 Å². The van der Waals surface area contributed by atoms with Gasteiger partial charge in [-0.1, -0.05) is 12.1 Å². The minimum atomic E-state index is -1.21. The molecule has 6 nitrogen and oxygen atoms in total. The molecular weight excluding hydrogens is 210 g/mol. The lowest BCUT2D eigenvalue weighted by atomic mass is 10.1. The van der Waals surface area contributed by atoms with Crippen molar-refractivity contribution in [1.29, 1.82) is 0 Å². The van der Waals surface area contributed by atoms with Gasteiger partial charge in [-0.25, -0.2) is 4.79 Å². The Morgan fingerprint density at radius 1 is 1.50 bits per heavy atom. The van der Waals surface area contributed by atoms with E-state index >= 15 is 0 Å². The van der Waals surface area contributed by atoms with Crippen molar-refractivity contribution < 1.29 is 14.4 Å². The lowest BCUT2D eigenvalue weighted by molar-refractivity contribution is 0.0680. The van der Waals surface area contributed by atoms with Crippen LogP contribution in [0.1, 0.15) is 22.1 Å². The fourth-order valence-corrected chi connectivity index (χ4v) is 1.29. The lowest BCUT2D eigenvalue weighted by Crippen LogP contribution is -1.99. The van der Waals surface area contributed by atoms with E-state index in [1.165, 1.54) is 0 Å². The maximum absolute atomic E-state index is 10.5. The number of aromatic nitrogens is 2. The second kappa shape index (κ2) is 4.01. The molecule has 0 atom stereocenters. The molecule has 2 aromatic rings. The van der Waals surface area contributed by atoms with Crippen LogP contribution in [0.25, 0.3) is 0 Å². The van der Waals surface area contributed by atoms with E-state index < -0.39 is 5.97 Å². The van der Waals surface area contributed by atoms with Gasteiger partial charge >= 0.3 is 5.97 Å². The summed E-state index contributed by atoms with van der Waals surface area (Å²) in [5.41, 5.74) is 7.13. The zero-order valence-corrected chi connectivity index (χ0v) is 8.25. The summed E-state index contributed by atoms with van der Waals surface area (Å²) in [6.45, 7) is 0. The third-order valence-corrected chi connectivity index (χ3v) is 1.97. The number of hydrogen-bond donors (Lipinski definition) is 2. The fourth-order valence-electron chi connectivity index (χ4n) is 1.29. The highest BCUT2D eigenvalue weighted by Crippen LogP contribution is 2.11. The molecule has 1 aromatic heterocycles. The molecule has 0 aliphatic rings. The molecule has 16 heavy (non-hydrogen) atoms. The van der Waals surface area contributed by atoms with Crippen LogP contribution in [0.5, 0.6) is 0 Å². The molecule has 0 bridgehead atoms. The summed E-state index contributed by atoms with van der Waals surface area (Å²) in [4.78, 5) is 14.2. The van der Waals surface area contributed by atoms with E-state index in [9.17, 15) is 4.79 Å². The van der Waals surface area contributed by atoms with Gasteiger partial charge in [0.25, 0.3) is 5.82 Å². The van der Waals surface area contributed by atoms with Gasteiger partial charge in [-0.2, -0.15) is 4.98 Å². The van der Waals surface area contributed by atoms with E-state index in [0.717, 1.165) is 5.56 Å². The number of nitrogens with two attached hydrogens (primary N) is 1. The molecule has 0 aliphatic heterocycles.